The van der Waals surface area contributed by atoms with Crippen molar-refractivity contribution in [2.45, 2.75) is 12.4 Å². The topological polar surface area (TPSA) is 82.1 Å². The number of carbonyl (C=O) groups excluding carboxylic acids is 2. The van der Waals surface area contributed by atoms with Crippen LogP contribution in [-0.2, 0) is 23.8 Å². The molecule has 14 heavy (non-hydrogen) atoms. The van der Waals surface area contributed by atoms with Gasteiger partial charge < -0.3 is 19.3 Å². The van der Waals surface area contributed by atoms with Crippen LogP contribution in [0, 0.1) is 0 Å². The quantitative estimate of drug-likeness (QED) is 0.395. The molecule has 1 unspecified atom stereocenters. The van der Waals surface area contributed by atoms with Gasteiger partial charge >= 0.3 is 0 Å². The Morgan fingerprint density at radius 1 is 1.50 bits per heavy atom. The van der Waals surface area contributed by atoms with Gasteiger partial charge in [0.15, 0.2) is 12.1 Å². The van der Waals surface area contributed by atoms with E-state index < -0.39 is 24.8 Å². The number of Topliss-reactive ketones (excluding diaryl/α,β-unsaturated/α-hetero) is 1. The lowest BCUT2D eigenvalue weighted by Crippen LogP contribution is -2.36. The number of ether oxygens (including phenoxy) is 3. The highest BCUT2D eigenvalue weighted by atomic mass is 16.7. The van der Waals surface area contributed by atoms with Gasteiger partial charge in [-0.3, -0.25) is 9.59 Å². The third kappa shape index (κ3) is 4.43. The van der Waals surface area contributed by atoms with Crippen LogP contribution in [0.2, 0.25) is 0 Å². The number of carbonyl (C=O) groups is 2. The average Bonchev–Trinajstić information content (AvgIpc) is 2.23. The normalized spacial score (nSPS) is 14.8. The maximum atomic E-state index is 11.0. The summed E-state index contributed by atoms with van der Waals surface area (Å²) in [7, 11) is 2.65. The summed E-state index contributed by atoms with van der Waals surface area (Å²) < 4.78 is 14.2. The summed E-state index contributed by atoms with van der Waals surface area (Å²) in [6.45, 7) is -0.698. The first-order chi connectivity index (χ1) is 6.69. The van der Waals surface area contributed by atoms with Crippen molar-refractivity contribution in [3.63, 3.8) is 0 Å². The van der Waals surface area contributed by atoms with E-state index in [-0.39, 0.29) is 6.61 Å². The highest BCUT2D eigenvalue weighted by molar-refractivity contribution is 5.84. The minimum Gasteiger partial charge on any atom is -0.388 e. The molecule has 0 spiro atoms. The van der Waals surface area contributed by atoms with Gasteiger partial charge in [-0.05, 0) is 0 Å². The zero-order chi connectivity index (χ0) is 11.0. The highest BCUT2D eigenvalue weighted by Crippen LogP contribution is 2.00. The Bertz CT molecular complexity index is 181. The number of aliphatic hydroxyl groups is 1. The number of methoxy groups -OCH3 is 2. The third-order valence-corrected chi connectivity index (χ3v) is 1.47. The fraction of sp³-hybridized carbons (Fsp3) is 0.750. The largest absolute Gasteiger partial charge is 0.388 e. The summed E-state index contributed by atoms with van der Waals surface area (Å²) in [5.41, 5.74) is 0. The zero-order valence-corrected chi connectivity index (χ0v) is 8.13. The van der Waals surface area contributed by atoms with E-state index in [1.165, 1.54) is 14.2 Å². The van der Waals surface area contributed by atoms with Gasteiger partial charge in [-0.1, -0.05) is 0 Å². The maximum absolute atomic E-state index is 11.0. The van der Waals surface area contributed by atoms with E-state index in [4.69, 9.17) is 9.84 Å². The number of hydrogen-bond donors (Lipinski definition) is 1. The van der Waals surface area contributed by atoms with E-state index >= 15 is 0 Å². The summed E-state index contributed by atoms with van der Waals surface area (Å²) in [4.78, 5) is 21.4. The second kappa shape index (κ2) is 7.57. The molecular formula is C8H14O6. The lowest BCUT2D eigenvalue weighted by atomic mass is 10.2. The number of rotatable bonds is 8. The summed E-state index contributed by atoms with van der Waals surface area (Å²) in [5.74, 6) is -0.559. The van der Waals surface area contributed by atoms with Crippen LogP contribution >= 0.6 is 0 Å². The molecule has 6 nitrogen and oxygen atoms in total. The SMILES string of the molecule is COCC(O[C@@H](C=O)OC)C(=O)CO. The summed E-state index contributed by atoms with van der Waals surface area (Å²) >= 11 is 0. The van der Waals surface area contributed by atoms with Crippen LogP contribution in [0.1, 0.15) is 0 Å². The molecule has 0 rings (SSSR count). The molecule has 2 atom stereocenters. The van der Waals surface area contributed by atoms with Crippen LogP contribution in [0.5, 0.6) is 0 Å². The third-order valence-electron chi connectivity index (χ3n) is 1.47. The van der Waals surface area contributed by atoms with Crippen molar-refractivity contribution in [3.05, 3.63) is 0 Å². The van der Waals surface area contributed by atoms with Gasteiger partial charge in [-0.15, -0.1) is 0 Å². The minimum absolute atomic E-state index is 0.0346. The molecule has 0 aliphatic heterocycles. The van der Waals surface area contributed by atoms with E-state index in [0.717, 1.165) is 0 Å². The lowest BCUT2D eigenvalue weighted by Gasteiger charge is -2.17. The fourth-order valence-corrected chi connectivity index (χ4v) is 0.766. The maximum Gasteiger partial charge on any atom is 0.215 e. The lowest BCUT2D eigenvalue weighted by molar-refractivity contribution is -0.177. The molecule has 0 aliphatic carbocycles. The van der Waals surface area contributed by atoms with Crippen molar-refractivity contribution in [1.29, 1.82) is 0 Å². The van der Waals surface area contributed by atoms with Crippen molar-refractivity contribution in [2.24, 2.45) is 0 Å². The molecule has 0 bridgehead atoms. The van der Waals surface area contributed by atoms with Crippen molar-refractivity contribution in [2.75, 3.05) is 27.4 Å². The summed E-state index contributed by atoms with van der Waals surface area (Å²) in [6.07, 6.45) is -1.70. The second-order valence-corrected chi connectivity index (χ2v) is 2.44. The fourth-order valence-electron chi connectivity index (χ4n) is 0.766. The van der Waals surface area contributed by atoms with E-state index in [1.54, 1.807) is 0 Å². The van der Waals surface area contributed by atoms with Gasteiger partial charge in [0.2, 0.25) is 6.29 Å². The number of ketones is 1. The summed E-state index contributed by atoms with van der Waals surface area (Å²) in [5, 5.41) is 8.58. The Morgan fingerprint density at radius 3 is 2.50 bits per heavy atom. The van der Waals surface area contributed by atoms with Gasteiger partial charge in [0.1, 0.15) is 12.7 Å². The Balaban J connectivity index is 4.19. The molecule has 0 aliphatic rings. The van der Waals surface area contributed by atoms with Gasteiger partial charge in [0.05, 0.1) is 6.61 Å². The van der Waals surface area contributed by atoms with Crippen LogP contribution in [0.4, 0.5) is 0 Å². The Hall–Kier alpha value is -0.820. The Morgan fingerprint density at radius 2 is 2.14 bits per heavy atom. The molecular weight excluding hydrogens is 192 g/mol. The first kappa shape index (κ1) is 13.2. The average molecular weight is 206 g/mol. The van der Waals surface area contributed by atoms with Gasteiger partial charge in [-0.2, -0.15) is 0 Å². The molecule has 0 aromatic heterocycles. The molecule has 0 saturated carbocycles. The van der Waals surface area contributed by atoms with Crippen molar-refractivity contribution in [1.82, 2.24) is 0 Å². The molecule has 0 fully saturated rings. The van der Waals surface area contributed by atoms with Gasteiger partial charge in [0, 0.05) is 14.2 Å². The summed E-state index contributed by atoms with van der Waals surface area (Å²) in [6, 6.07) is 0. The Kier molecular flexibility index (Phi) is 7.13. The molecule has 0 amide bonds. The number of aliphatic hydroxyl groups excluding tert-OH is 1. The second-order valence-electron chi connectivity index (χ2n) is 2.44. The van der Waals surface area contributed by atoms with E-state index in [1.807, 2.05) is 0 Å². The molecule has 6 heteroatoms. The van der Waals surface area contributed by atoms with Gasteiger partial charge in [0.25, 0.3) is 0 Å². The van der Waals surface area contributed by atoms with E-state index in [9.17, 15) is 9.59 Å². The van der Waals surface area contributed by atoms with Crippen molar-refractivity contribution >= 4 is 12.1 Å². The molecule has 0 saturated heterocycles. The van der Waals surface area contributed by atoms with E-state index in [0.29, 0.717) is 6.29 Å². The zero-order valence-electron chi connectivity index (χ0n) is 8.13. The molecule has 1 N–H and O–H groups in total. The first-order valence-electron chi connectivity index (χ1n) is 3.95. The van der Waals surface area contributed by atoms with Crippen LogP contribution in [0.3, 0.4) is 0 Å². The molecule has 0 heterocycles. The smallest absolute Gasteiger partial charge is 0.215 e. The minimum atomic E-state index is -1.12. The molecule has 0 aromatic carbocycles. The monoisotopic (exact) mass is 206 g/mol. The highest BCUT2D eigenvalue weighted by Gasteiger charge is 2.22. The number of aldehydes is 1. The van der Waals surface area contributed by atoms with Crippen LogP contribution < -0.4 is 0 Å². The van der Waals surface area contributed by atoms with Crippen molar-refractivity contribution < 1.29 is 28.9 Å². The van der Waals surface area contributed by atoms with E-state index in [2.05, 4.69) is 9.47 Å². The van der Waals surface area contributed by atoms with Gasteiger partial charge in [-0.25, -0.2) is 0 Å². The predicted octanol–water partition coefficient (Wildman–Crippen LogP) is -1.25. The number of hydrogen-bond acceptors (Lipinski definition) is 6. The molecule has 0 radical (unpaired) electrons. The molecule has 82 valence electrons. The van der Waals surface area contributed by atoms with Crippen LogP contribution in [-0.4, -0.2) is 57.0 Å². The molecule has 0 aromatic rings. The van der Waals surface area contributed by atoms with Crippen molar-refractivity contribution in [3.8, 4) is 0 Å². The predicted molar refractivity (Wildman–Crippen MR) is 45.7 cm³/mol. The Labute approximate surface area is 81.8 Å². The van der Waals surface area contributed by atoms with Crippen LogP contribution in [0.25, 0.3) is 0 Å². The first-order valence-corrected chi connectivity index (χ1v) is 3.95. The standard InChI is InChI=1S/C8H14O6/c1-12-5-7(6(11)3-9)14-8(4-10)13-2/h4,7-9H,3,5H2,1-2H3/t7?,8-/m0/s1. The van der Waals surface area contributed by atoms with Crippen LogP contribution in [0.15, 0.2) is 0 Å².